The van der Waals surface area contributed by atoms with Crippen molar-refractivity contribution in [1.82, 2.24) is 15.5 Å². The van der Waals surface area contributed by atoms with E-state index in [-0.39, 0.29) is 14.0 Å². The van der Waals surface area contributed by atoms with E-state index in [1.165, 1.54) is 26.1 Å². The molecular weight excluding hydrogens is 386 g/mol. The Morgan fingerprint density at radius 1 is 0.774 bits per heavy atom. The van der Waals surface area contributed by atoms with E-state index in [9.17, 15) is 0 Å². The zero-order valence-electron chi connectivity index (χ0n) is 23.0. The Bertz CT molecular complexity index is 196. The van der Waals surface area contributed by atoms with E-state index in [2.05, 4.69) is 75.9 Å². The average Bonchev–Trinajstić information content (AvgIpc) is 2.74. The molecule has 0 rings (SSSR count). The minimum absolute atomic E-state index is 0. The highest BCUT2D eigenvalue weighted by atomic mass is 16.2. The number of aliphatic imine (C=N–C) groups is 1. The van der Waals surface area contributed by atoms with Gasteiger partial charge >= 0.3 is 0 Å². The number of hydrogen-bond donors (Lipinski definition) is 4. The second-order valence-electron chi connectivity index (χ2n) is 5.76. The van der Waals surface area contributed by atoms with E-state index in [0.29, 0.717) is 0 Å². The highest BCUT2D eigenvalue weighted by Crippen LogP contribution is 1.87. The molecule has 0 saturated carbocycles. The van der Waals surface area contributed by atoms with Gasteiger partial charge in [-0.25, -0.2) is 0 Å². The van der Waals surface area contributed by atoms with Crippen molar-refractivity contribution in [3.63, 3.8) is 0 Å². The Balaban J connectivity index is -0.0000000458. The Kier molecular flexibility index (Phi) is 109. The van der Waals surface area contributed by atoms with E-state index >= 15 is 0 Å². The van der Waals surface area contributed by atoms with Gasteiger partial charge in [0.1, 0.15) is 0 Å². The van der Waals surface area contributed by atoms with E-state index in [0.717, 1.165) is 45.7 Å². The normalized spacial score (nSPS) is 8.58. The number of nitrogens with zero attached hydrogens (tertiary/aromatic N) is 2. The van der Waals surface area contributed by atoms with Crippen LogP contribution in [0.3, 0.4) is 0 Å². The maximum absolute atomic E-state index is 7.57. The van der Waals surface area contributed by atoms with Crippen LogP contribution in [-0.2, 0) is 0 Å². The molecule has 0 spiro atoms. The Hall–Kier alpha value is -0.530. The van der Waals surface area contributed by atoms with Gasteiger partial charge in [0.2, 0.25) is 0 Å². The third kappa shape index (κ3) is 123. The maximum atomic E-state index is 7.57. The van der Waals surface area contributed by atoms with Gasteiger partial charge in [-0.1, -0.05) is 69.7 Å². The van der Waals surface area contributed by atoms with Crippen molar-refractivity contribution < 1.29 is 5.11 Å². The van der Waals surface area contributed by atoms with E-state index < -0.39 is 0 Å². The van der Waals surface area contributed by atoms with Crippen LogP contribution in [0.4, 0.5) is 0 Å². The van der Waals surface area contributed by atoms with Gasteiger partial charge < -0.3 is 26.4 Å². The fourth-order valence-corrected chi connectivity index (χ4v) is 1.61. The minimum atomic E-state index is 0. The summed E-state index contributed by atoms with van der Waals surface area (Å²) >= 11 is 0. The Morgan fingerprint density at radius 2 is 1.10 bits per heavy atom. The summed E-state index contributed by atoms with van der Waals surface area (Å²) in [5.41, 5.74) is 4.85. The Morgan fingerprint density at radius 3 is 1.16 bits per heavy atom. The number of nitrogens with one attached hydrogen (secondary N) is 2. The molecule has 0 bridgehead atoms. The second kappa shape index (κ2) is 70.0. The number of hydrogen-bond acceptors (Lipinski definition) is 6. The van der Waals surface area contributed by atoms with Crippen LogP contribution in [0.15, 0.2) is 4.99 Å². The van der Waals surface area contributed by atoms with Crippen molar-refractivity contribution >= 4 is 6.21 Å². The molecule has 0 aromatic rings. The summed E-state index contributed by atoms with van der Waals surface area (Å²) in [7, 11) is 0. The van der Waals surface area contributed by atoms with Crippen LogP contribution in [0.1, 0.15) is 96.4 Å². The Labute approximate surface area is 199 Å². The molecular formula is C25H67N5O. The second-order valence-corrected chi connectivity index (χ2v) is 5.76. The fraction of sp³-hybridized carbons (Fsp3) is 0.960. The predicted molar refractivity (Wildman–Crippen MR) is 150 cm³/mol. The van der Waals surface area contributed by atoms with Gasteiger partial charge in [-0.15, -0.1) is 0 Å². The van der Waals surface area contributed by atoms with Gasteiger partial charge in [0.25, 0.3) is 0 Å². The topological polar surface area (TPSA) is 85.9 Å². The lowest BCUT2D eigenvalue weighted by molar-refractivity contribution is 0.304. The molecule has 0 aromatic carbocycles. The molecule has 0 amide bonds. The molecule has 6 heteroatoms. The van der Waals surface area contributed by atoms with Gasteiger partial charge in [-0.05, 0) is 85.3 Å². The van der Waals surface area contributed by atoms with Gasteiger partial charge in [-0.3, -0.25) is 4.99 Å². The summed E-state index contributed by atoms with van der Waals surface area (Å²) in [6, 6.07) is 0. The summed E-state index contributed by atoms with van der Waals surface area (Å²) in [5, 5.41) is 13.8. The molecule has 0 heterocycles. The third-order valence-electron chi connectivity index (χ3n) is 2.93. The summed E-state index contributed by atoms with van der Waals surface area (Å²) in [6.07, 6.45) is 4.27. The zero-order chi connectivity index (χ0) is 24.9. The maximum Gasteiger partial charge on any atom is 0.0402 e. The van der Waals surface area contributed by atoms with Crippen molar-refractivity contribution in [2.45, 2.75) is 96.4 Å². The predicted octanol–water partition coefficient (Wildman–Crippen LogP) is 5.06. The minimum Gasteiger partial charge on any atom is -0.397 e. The SMILES string of the molecule is C.CCC=NCC.CCCN(CC)CC.CCN.CCNCC.CCNCC.CCO. The van der Waals surface area contributed by atoms with Crippen molar-refractivity contribution in [3.8, 4) is 0 Å². The van der Waals surface area contributed by atoms with Crippen LogP contribution >= 0.6 is 0 Å². The van der Waals surface area contributed by atoms with Gasteiger partial charge in [0, 0.05) is 13.2 Å². The molecule has 0 atom stereocenters. The van der Waals surface area contributed by atoms with Crippen molar-refractivity contribution in [1.29, 1.82) is 0 Å². The monoisotopic (exact) mass is 454 g/mol. The van der Waals surface area contributed by atoms with Crippen LogP contribution in [-0.4, -0.2) is 81.7 Å². The van der Waals surface area contributed by atoms with Gasteiger partial charge in [0.15, 0.2) is 0 Å². The fourth-order valence-electron chi connectivity index (χ4n) is 1.61. The van der Waals surface area contributed by atoms with Gasteiger partial charge in [-0.2, -0.15) is 0 Å². The summed E-state index contributed by atoms with van der Waals surface area (Å²) in [5.74, 6) is 0. The van der Waals surface area contributed by atoms with E-state index in [4.69, 9.17) is 10.8 Å². The van der Waals surface area contributed by atoms with E-state index in [1.807, 2.05) is 20.1 Å². The summed E-state index contributed by atoms with van der Waals surface area (Å²) in [6.45, 7) is 32.7. The number of aliphatic hydroxyl groups excluding tert-OH is 1. The number of aliphatic hydroxyl groups is 1. The standard InChI is InChI=1S/C7H17N.C5H11N.2C4H11N.C2H7N.C2H6O.CH4/c1-4-7-8(5-2)6-3;1-3-5-6-4-2;2*1-3-5-4-2;2*1-2-3;/h4-7H2,1-3H3;5H,3-4H2,1-2H3;2*5H,3-4H2,1-2H3;2-3H2,1H3;3H,2H2,1H3;1H4. The lowest BCUT2D eigenvalue weighted by Gasteiger charge is -2.15. The summed E-state index contributed by atoms with van der Waals surface area (Å²) < 4.78 is 0. The van der Waals surface area contributed by atoms with E-state index in [1.54, 1.807) is 6.92 Å². The lowest BCUT2D eigenvalue weighted by atomic mass is 10.4. The molecule has 5 N–H and O–H groups in total. The third-order valence-corrected chi connectivity index (χ3v) is 2.93. The molecule has 0 aromatic heterocycles. The molecule has 31 heavy (non-hydrogen) atoms. The van der Waals surface area contributed by atoms with Crippen LogP contribution in [0.2, 0.25) is 0 Å². The van der Waals surface area contributed by atoms with Crippen molar-refractivity contribution in [2.24, 2.45) is 10.7 Å². The highest BCUT2D eigenvalue weighted by Gasteiger charge is 1.92. The van der Waals surface area contributed by atoms with Crippen LogP contribution in [0.25, 0.3) is 0 Å². The zero-order valence-corrected chi connectivity index (χ0v) is 23.0. The molecule has 0 aliphatic heterocycles. The highest BCUT2D eigenvalue weighted by molar-refractivity contribution is 5.56. The first-order chi connectivity index (χ1) is 14.4. The first-order valence-electron chi connectivity index (χ1n) is 12.3. The summed E-state index contributed by atoms with van der Waals surface area (Å²) in [4.78, 5) is 6.40. The van der Waals surface area contributed by atoms with Crippen molar-refractivity contribution in [2.75, 3.05) is 65.5 Å². The van der Waals surface area contributed by atoms with Crippen LogP contribution in [0.5, 0.6) is 0 Å². The van der Waals surface area contributed by atoms with Crippen LogP contribution < -0.4 is 16.4 Å². The quantitative estimate of drug-likeness (QED) is 0.347. The van der Waals surface area contributed by atoms with Crippen molar-refractivity contribution in [3.05, 3.63) is 0 Å². The molecule has 198 valence electrons. The molecule has 0 saturated heterocycles. The number of nitrogens with two attached hydrogens (primary N) is 1. The average molecular weight is 454 g/mol. The molecule has 6 nitrogen and oxygen atoms in total. The molecule has 0 aliphatic rings. The molecule has 0 fully saturated rings. The molecule has 0 aliphatic carbocycles. The molecule has 0 unspecified atom stereocenters. The van der Waals surface area contributed by atoms with Crippen LogP contribution in [0, 0.1) is 0 Å². The first kappa shape index (κ1) is 48.0. The number of rotatable bonds is 10. The largest absolute Gasteiger partial charge is 0.397 e. The van der Waals surface area contributed by atoms with Gasteiger partial charge in [0.05, 0.1) is 0 Å². The lowest BCUT2D eigenvalue weighted by Crippen LogP contribution is -2.23. The first-order valence-corrected chi connectivity index (χ1v) is 12.3. The smallest absolute Gasteiger partial charge is 0.0402 e. The molecule has 0 radical (unpaired) electrons.